The van der Waals surface area contributed by atoms with E-state index in [1.807, 2.05) is 19.1 Å². The number of nitrogen functional groups attached to an aromatic ring is 1. The second kappa shape index (κ2) is 4.74. The summed E-state index contributed by atoms with van der Waals surface area (Å²) < 4.78 is 0. The zero-order chi connectivity index (χ0) is 9.84. The van der Waals surface area contributed by atoms with Crippen LogP contribution in [0.1, 0.15) is 5.56 Å². The molecular formula is C9H12ClNOS. The fourth-order valence-corrected chi connectivity index (χ4v) is 2.03. The summed E-state index contributed by atoms with van der Waals surface area (Å²) in [4.78, 5) is 0.974. The van der Waals surface area contributed by atoms with Crippen LogP contribution < -0.4 is 5.73 Å². The highest BCUT2D eigenvalue weighted by atomic mass is 35.5. The Hall–Kier alpha value is -0.380. The summed E-state index contributed by atoms with van der Waals surface area (Å²) in [7, 11) is 0. The quantitative estimate of drug-likeness (QED) is 0.604. The Labute approximate surface area is 87.1 Å². The minimum atomic E-state index is 0.157. The molecule has 0 aliphatic rings. The second-order valence-corrected chi connectivity index (χ2v) is 4.18. The maximum Gasteiger partial charge on any atom is 0.0591 e. The molecule has 1 rings (SSSR count). The molecule has 0 saturated heterocycles. The molecule has 0 amide bonds. The van der Waals surface area contributed by atoms with Crippen LogP contribution in [0.2, 0.25) is 5.02 Å². The first kappa shape index (κ1) is 10.7. The number of aliphatic hydroxyl groups is 1. The van der Waals surface area contributed by atoms with E-state index in [4.69, 9.17) is 22.4 Å². The maximum atomic E-state index is 8.65. The summed E-state index contributed by atoms with van der Waals surface area (Å²) in [5, 5.41) is 9.35. The zero-order valence-electron chi connectivity index (χ0n) is 7.38. The molecule has 0 unspecified atom stereocenters. The number of hydrogen-bond donors (Lipinski definition) is 2. The molecule has 72 valence electrons. The number of benzene rings is 1. The lowest BCUT2D eigenvalue weighted by molar-refractivity contribution is 0.322. The van der Waals surface area contributed by atoms with Crippen LogP contribution in [0.4, 0.5) is 5.69 Å². The largest absolute Gasteiger partial charge is 0.398 e. The van der Waals surface area contributed by atoms with E-state index in [1.54, 1.807) is 0 Å². The third kappa shape index (κ3) is 2.53. The van der Waals surface area contributed by atoms with Crippen molar-refractivity contribution in [3.05, 3.63) is 22.7 Å². The first-order chi connectivity index (χ1) is 6.16. The molecule has 3 N–H and O–H groups in total. The highest BCUT2D eigenvalue weighted by Gasteiger charge is 2.05. The molecule has 0 aliphatic carbocycles. The van der Waals surface area contributed by atoms with E-state index in [0.717, 1.165) is 10.5 Å². The molecule has 0 aromatic heterocycles. The van der Waals surface area contributed by atoms with Gasteiger partial charge in [-0.1, -0.05) is 11.6 Å². The van der Waals surface area contributed by atoms with Crippen LogP contribution in [0.15, 0.2) is 17.0 Å². The number of thioether (sulfide) groups is 1. The van der Waals surface area contributed by atoms with Crippen molar-refractivity contribution in [3.8, 4) is 0 Å². The fraction of sp³-hybridized carbons (Fsp3) is 0.333. The standard InChI is InChI=1S/C9H12ClNOS/c1-6-7(11)2-3-8(9(6)10)13-5-4-12/h2-3,12H,4-5,11H2,1H3. The van der Waals surface area contributed by atoms with Crippen LogP contribution in [-0.4, -0.2) is 17.5 Å². The lowest BCUT2D eigenvalue weighted by atomic mass is 10.2. The van der Waals surface area contributed by atoms with Gasteiger partial charge in [0.15, 0.2) is 0 Å². The normalized spacial score (nSPS) is 10.4. The Morgan fingerprint density at radius 2 is 2.23 bits per heavy atom. The first-order valence-electron chi connectivity index (χ1n) is 3.95. The van der Waals surface area contributed by atoms with Crippen LogP contribution >= 0.6 is 23.4 Å². The predicted octanol–water partition coefficient (Wildman–Crippen LogP) is 2.32. The lowest BCUT2D eigenvalue weighted by Crippen LogP contribution is -1.92. The third-order valence-corrected chi connectivity index (χ3v) is 3.38. The van der Waals surface area contributed by atoms with Gasteiger partial charge in [-0.05, 0) is 24.6 Å². The molecule has 1 aromatic rings. The van der Waals surface area contributed by atoms with Crippen molar-refractivity contribution in [2.24, 2.45) is 0 Å². The first-order valence-corrected chi connectivity index (χ1v) is 5.31. The van der Waals surface area contributed by atoms with Crippen molar-refractivity contribution in [3.63, 3.8) is 0 Å². The van der Waals surface area contributed by atoms with Crippen LogP contribution in [0.5, 0.6) is 0 Å². The molecule has 0 atom stereocenters. The van der Waals surface area contributed by atoms with Gasteiger partial charge in [-0.25, -0.2) is 0 Å². The lowest BCUT2D eigenvalue weighted by Gasteiger charge is -2.07. The van der Waals surface area contributed by atoms with Gasteiger partial charge in [0.2, 0.25) is 0 Å². The van der Waals surface area contributed by atoms with Crippen molar-refractivity contribution in [2.45, 2.75) is 11.8 Å². The van der Waals surface area contributed by atoms with E-state index in [2.05, 4.69) is 0 Å². The van der Waals surface area contributed by atoms with E-state index in [0.29, 0.717) is 16.5 Å². The van der Waals surface area contributed by atoms with Gasteiger partial charge in [-0.2, -0.15) is 0 Å². The van der Waals surface area contributed by atoms with Gasteiger partial charge in [0, 0.05) is 16.3 Å². The molecule has 1 aromatic carbocycles. The van der Waals surface area contributed by atoms with Gasteiger partial charge in [0.1, 0.15) is 0 Å². The van der Waals surface area contributed by atoms with E-state index < -0.39 is 0 Å². The van der Waals surface area contributed by atoms with Crippen molar-refractivity contribution in [1.82, 2.24) is 0 Å². The van der Waals surface area contributed by atoms with Gasteiger partial charge < -0.3 is 10.8 Å². The second-order valence-electron chi connectivity index (χ2n) is 2.66. The molecular weight excluding hydrogens is 206 g/mol. The van der Waals surface area contributed by atoms with E-state index in [1.165, 1.54) is 11.8 Å². The Morgan fingerprint density at radius 1 is 1.54 bits per heavy atom. The Bertz CT molecular complexity index is 304. The summed E-state index contributed by atoms with van der Waals surface area (Å²) in [6, 6.07) is 3.71. The van der Waals surface area contributed by atoms with Gasteiger partial charge in [-0.3, -0.25) is 0 Å². The average molecular weight is 218 g/mol. The van der Waals surface area contributed by atoms with Crippen LogP contribution in [-0.2, 0) is 0 Å². The van der Waals surface area contributed by atoms with Crippen LogP contribution in [0.3, 0.4) is 0 Å². The number of halogens is 1. The molecule has 0 fully saturated rings. The van der Waals surface area contributed by atoms with Crippen molar-refractivity contribution < 1.29 is 5.11 Å². The zero-order valence-corrected chi connectivity index (χ0v) is 8.95. The highest BCUT2D eigenvalue weighted by molar-refractivity contribution is 7.99. The summed E-state index contributed by atoms with van der Waals surface area (Å²) in [6.45, 7) is 2.05. The number of rotatable bonds is 3. The predicted molar refractivity (Wildman–Crippen MR) is 58.4 cm³/mol. The molecule has 0 spiro atoms. The summed E-state index contributed by atoms with van der Waals surface area (Å²) in [5.41, 5.74) is 7.29. The molecule has 0 bridgehead atoms. The van der Waals surface area contributed by atoms with Crippen LogP contribution in [0, 0.1) is 6.92 Å². The third-order valence-electron chi connectivity index (χ3n) is 1.74. The number of anilines is 1. The summed E-state index contributed by atoms with van der Waals surface area (Å²) >= 11 is 7.58. The van der Waals surface area contributed by atoms with Crippen molar-refractivity contribution in [1.29, 1.82) is 0 Å². The molecule has 13 heavy (non-hydrogen) atoms. The van der Waals surface area contributed by atoms with E-state index in [-0.39, 0.29) is 6.61 Å². The van der Waals surface area contributed by atoms with Gasteiger partial charge in [-0.15, -0.1) is 11.8 Å². The molecule has 0 aliphatic heterocycles. The number of aliphatic hydroxyl groups excluding tert-OH is 1. The van der Waals surface area contributed by atoms with Gasteiger partial charge in [0.05, 0.1) is 11.6 Å². The number of nitrogens with two attached hydrogens (primary N) is 1. The maximum absolute atomic E-state index is 8.65. The van der Waals surface area contributed by atoms with E-state index in [9.17, 15) is 0 Å². The van der Waals surface area contributed by atoms with Gasteiger partial charge in [0.25, 0.3) is 0 Å². The highest BCUT2D eigenvalue weighted by Crippen LogP contribution is 2.32. The van der Waals surface area contributed by atoms with Crippen molar-refractivity contribution >= 4 is 29.1 Å². The molecule has 2 nitrogen and oxygen atoms in total. The Morgan fingerprint density at radius 3 is 2.85 bits per heavy atom. The molecule has 0 heterocycles. The molecule has 4 heteroatoms. The minimum Gasteiger partial charge on any atom is -0.398 e. The summed E-state index contributed by atoms with van der Waals surface area (Å²) in [6.07, 6.45) is 0. The number of hydrogen-bond acceptors (Lipinski definition) is 3. The minimum absolute atomic E-state index is 0.157. The Kier molecular flexibility index (Phi) is 3.90. The van der Waals surface area contributed by atoms with Gasteiger partial charge >= 0.3 is 0 Å². The van der Waals surface area contributed by atoms with Crippen molar-refractivity contribution in [2.75, 3.05) is 18.1 Å². The molecule has 0 radical (unpaired) electrons. The monoisotopic (exact) mass is 217 g/mol. The van der Waals surface area contributed by atoms with E-state index >= 15 is 0 Å². The Balaban J connectivity index is 2.90. The topological polar surface area (TPSA) is 46.2 Å². The van der Waals surface area contributed by atoms with Crippen LogP contribution in [0.25, 0.3) is 0 Å². The smallest absolute Gasteiger partial charge is 0.0591 e. The molecule has 0 saturated carbocycles. The fourth-order valence-electron chi connectivity index (χ4n) is 0.942. The SMILES string of the molecule is Cc1c(N)ccc(SCCO)c1Cl. The average Bonchev–Trinajstić information content (AvgIpc) is 2.13. The summed E-state index contributed by atoms with van der Waals surface area (Å²) in [5.74, 6) is 0.656.